The molecule has 1 aliphatic heterocycles. The van der Waals surface area contributed by atoms with Gasteiger partial charge in [0.15, 0.2) is 0 Å². The first-order valence-corrected chi connectivity index (χ1v) is 8.79. The number of nitrogens with one attached hydrogen (secondary N) is 1. The highest BCUT2D eigenvalue weighted by molar-refractivity contribution is 5.75. The minimum atomic E-state index is 0.122. The van der Waals surface area contributed by atoms with Crippen LogP contribution >= 0.6 is 0 Å². The molecule has 6 nitrogen and oxygen atoms in total. The fraction of sp³-hybridized carbons (Fsp3) is 0.765. The maximum Gasteiger partial charge on any atom is 0.220 e. The summed E-state index contributed by atoms with van der Waals surface area (Å²) in [6, 6.07) is 0.469. The number of likely N-dealkylation sites (N-methyl/N-ethyl adjacent to an activating group) is 1. The summed E-state index contributed by atoms with van der Waals surface area (Å²) in [7, 11) is 2.16. The average Bonchev–Trinajstić information content (AvgIpc) is 2.99. The molecule has 0 saturated carbocycles. The Morgan fingerprint density at radius 2 is 2.09 bits per heavy atom. The topological polar surface area (TPSA) is 53.4 Å². The van der Waals surface area contributed by atoms with Gasteiger partial charge in [-0.2, -0.15) is 0 Å². The summed E-state index contributed by atoms with van der Waals surface area (Å²) in [6.45, 7) is 10.3. The molecule has 1 N–H and O–H groups in total. The van der Waals surface area contributed by atoms with Gasteiger partial charge in [0.25, 0.3) is 0 Å². The van der Waals surface area contributed by atoms with Gasteiger partial charge in [-0.3, -0.25) is 9.69 Å². The highest BCUT2D eigenvalue weighted by Crippen LogP contribution is 2.10. The molecule has 0 unspecified atom stereocenters. The number of aromatic nitrogens is 2. The van der Waals surface area contributed by atoms with E-state index in [0.29, 0.717) is 19.0 Å². The number of amides is 1. The predicted octanol–water partition coefficient (Wildman–Crippen LogP) is 1.33. The van der Waals surface area contributed by atoms with Crippen molar-refractivity contribution in [3.63, 3.8) is 0 Å². The molecule has 1 aliphatic rings. The van der Waals surface area contributed by atoms with Crippen molar-refractivity contribution in [1.82, 2.24) is 24.7 Å². The van der Waals surface area contributed by atoms with Gasteiger partial charge in [0, 0.05) is 57.6 Å². The first-order chi connectivity index (χ1) is 11.1. The van der Waals surface area contributed by atoms with E-state index >= 15 is 0 Å². The molecule has 130 valence electrons. The van der Waals surface area contributed by atoms with Crippen molar-refractivity contribution >= 4 is 5.91 Å². The fourth-order valence-electron chi connectivity index (χ4n) is 3.00. The van der Waals surface area contributed by atoms with Gasteiger partial charge in [-0.05, 0) is 26.8 Å². The first kappa shape index (κ1) is 17.9. The zero-order chi connectivity index (χ0) is 16.7. The van der Waals surface area contributed by atoms with E-state index in [1.54, 1.807) is 6.20 Å². The SMILES string of the molecule is CCCn1ccnc1CNC(=O)CC[C@H](C)N1CCN(C)CC1. The quantitative estimate of drug-likeness (QED) is 0.785. The van der Waals surface area contributed by atoms with E-state index < -0.39 is 0 Å². The molecule has 2 rings (SSSR count). The molecule has 6 heteroatoms. The van der Waals surface area contributed by atoms with Crippen molar-refractivity contribution in [3.8, 4) is 0 Å². The normalized spacial score (nSPS) is 18.0. The summed E-state index contributed by atoms with van der Waals surface area (Å²) >= 11 is 0. The fourth-order valence-corrected chi connectivity index (χ4v) is 3.00. The van der Waals surface area contributed by atoms with Gasteiger partial charge in [-0.25, -0.2) is 4.98 Å². The minimum absolute atomic E-state index is 0.122. The van der Waals surface area contributed by atoms with Gasteiger partial charge >= 0.3 is 0 Å². The van der Waals surface area contributed by atoms with Crippen LogP contribution in [0.5, 0.6) is 0 Å². The molecule has 1 fully saturated rings. The van der Waals surface area contributed by atoms with Crippen molar-refractivity contribution in [2.24, 2.45) is 0 Å². The average molecular weight is 321 g/mol. The van der Waals surface area contributed by atoms with Crippen molar-refractivity contribution in [2.45, 2.75) is 52.2 Å². The lowest BCUT2D eigenvalue weighted by atomic mass is 10.1. The van der Waals surface area contributed by atoms with E-state index in [4.69, 9.17) is 0 Å². The van der Waals surface area contributed by atoms with Crippen molar-refractivity contribution in [3.05, 3.63) is 18.2 Å². The van der Waals surface area contributed by atoms with Gasteiger partial charge in [0.2, 0.25) is 5.91 Å². The predicted molar refractivity (Wildman–Crippen MR) is 92.1 cm³/mol. The third kappa shape index (κ3) is 5.62. The third-order valence-electron chi connectivity index (χ3n) is 4.66. The molecule has 0 spiro atoms. The van der Waals surface area contributed by atoms with E-state index in [1.165, 1.54) is 0 Å². The Kier molecular flexibility index (Phi) is 7.05. The van der Waals surface area contributed by atoms with E-state index in [1.807, 2.05) is 6.20 Å². The molecule has 0 aliphatic carbocycles. The van der Waals surface area contributed by atoms with Gasteiger partial charge in [0.1, 0.15) is 5.82 Å². The van der Waals surface area contributed by atoms with Crippen LogP contribution in [0.3, 0.4) is 0 Å². The number of carbonyl (C=O) groups excluding carboxylic acids is 1. The second-order valence-corrected chi connectivity index (χ2v) is 6.54. The maximum atomic E-state index is 12.1. The molecule has 2 heterocycles. The van der Waals surface area contributed by atoms with Gasteiger partial charge < -0.3 is 14.8 Å². The molecule has 0 radical (unpaired) electrons. The van der Waals surface area contributed by atoms with Crippen LogP contribution in [0.15, 0.2) is 12.4 Å². The van der Waals surface area contributed by atoms with Crippen LogP contribution in [0, 0.1) is 0 Å². The van der Waals surface area contributed by atoms with Crippen LogP contribution in [-0.2, 0) is 17.9 Å². The van der Waals surface area contributed by atoms with E-state index in [9.17, 15) is 4.79 Å². The number of carbonyl (C=O) groups is 1. The number of hydrogen-bond donors (Lipinski definition) is 1. The highest BCUT2D eigenvalue weighted by atomic mass is 16.1. The third-order valence-corrected chi connectivity index (χ3v) is 4.66. The summed E-state index contributed by atoms with van der Waals surface area (Å²) in [5, 5.41) is 3.00. The molecule has 1 aromatic rings. The smallest absolute Gasteiger partial charge is 0.220 e. The molecule has 1 aromatic heterocycles. The van der Waals surface area contributed by atoms with Crippen LogP contribution < -0.4 is 5.32 Å². The summed E-state index contributed by atoms with van der Waals surface area (Å²) < 4.78 is 2.10. The lowest BCUT2D eigenvalue weighted by Gasteiger charge is -2.36. The van der Waals surface area contributed by atoms with E-state index in [2.05, 4.69) is 45.6 Å². The monoisotopic (exact) mass is 321 g/mol. The number of hydrogen-bond acceptors (Lipinski definition) is 4. The van der Waals surface area contributed by atoms with Crippen LogP contribution in [0.1, 0.15) is 38.9 Å². The molecule has 1 amide bonds. The van der Waals surface area contributed by atoms with E-state index in [-0.39, 0.29) is 5.91 Å². The van der Waals surface area contributed by atoms with Crippen molar-refractivity contribution in [1.29, 1.82) is 0 Å². The summed E-state index contributed by atoms with van der Waals surface area (Å²) in [5.41, 5.74) is 0. The number of imidazole rings is 1. The molecule has 0 aromatic carbocycles. The number of rotatable bonds is 8. The Morgan fingerprint density at radius 1 is 1.35 bits per heavy atom. The lowest BCUT2D eigenvalue weighted by molar-refractivity contribution is -0.121. The summed E-state index contributed by atoms with van der Waals surface area (Å²) in [6.07, 6.45) is 6.34. The van der Waals surface area contributed by atoms with E-state index in [0.717, 1.165) is 51.4 Å². The molecule has 23 heavy (non-hydrogen) atoms. The van der Waals surface area contributed by atoms with Crippen LogP contribution in [0.4, 0.5) is 0 Å². The van der Waals surface area contributed by atoms with Gasteiger partial charge in [0.05, 0.1) is 6.54 Å². The highest BCUT2D eigenvalue weighted by Gasteiger charge is 2.19. The number of aryl methyl sites for hydroxylation is 1. The van der Waals surface area contributed by atoms with Crippen LogP contribution in [0.2, 0.25) is 0 Å². The Morgan fingerprint density at radius 3 is 2.78 bits per heavy atom. The minimum Gasteiger partial charge on any atom is -0.349 e. The zero-order valence-electron chi connectivity index (χ0n) is 14.8. The van der Waals surface area contributed by atoms with Crippen LogP contribution in [-0.4, -0.2) is 64.5 Å². The molecular weight excluding hydrogens is 290 g/mol. The van der Waals surface area contributed by atoms with Crippen molar-refractivity contribution < 1.29 is 4.79 Å². The second-order valence-electron chi connectivity index (χ2n) is 6.54. The molecule has 1 saturated heterocycles. The Labute approximate surface area is 139 Å². The first-order valence-electron chi connectivity index (χ1n) is 8.79. The second kappa shape index (κ2) is 9.03. The number of piperazine rings is 1. The van der Waals surface area contributed by atoms with Gasteiger partial charge in [-0.15, -0.1) is 0 Å². The molecule has 1 atom stereocenters. The number of nitrogens with zero attached hydrogens (tertiary/aromatic N) is 4. The Hall–Kier alpha value is -1.40. The largest absolute Gasteiger partial charge is 0.349 e. The zero-order valence-corrected chi connectivity index (χ0v) is 14.8. The summed E-state index contributed by atoms with van der Waals surface area (Å²) in [5.74, 6) is 1.06. The van der Waals surface area contributed by atoms with Gasteiger partial charge in [-0.1, -0.05) is 6.92 Å². The van der Waals surface area contributed by atoms with Crippen molar-refractivity contribution in [2.75, 3.05) is 33.2 Å². The maximum absolute atomic E-state index is 12.1. The Balaban J connectivity index is 1.67. The summed E-state index contributed by atoms with van der Waals surface area (Å²) in [4.78, 5) is 21.2. The lowest BCUT2D eigenvalue weighted by Crippen LogP contribution is -2.48. The Bertz CT molecular complexity index is 479. The molecule has 0 bridgehead atoms. The molecular formula is C17H31N5O. The van der Waals surface area contributed by atoms with Crippen LogP contribution in [0.25, 0.3) is 0 Å². The standard InChI is InChI=1S/C17H31N5O/c1-4-8-22-9-7-18-16(22)14-19-17(23)6-5-15(2)21-12-10-20(3)11-13-21/h7,9,15H,4-6,8,10-14H2,1-3H3,(H,19,23)/t15-/m0/s1.